The van der Waals surface area contributed by atoms with E-state index in [0.29, 0.717) is 4.83 Å². The van der Waals surface area contributed by atoms with Crippen molar-refractivity contribution in [2.75, 3.05) is 0 Å². The molecule has 0 aromatic rings. The van der Waals surface area contributed by atoms with E-state index in [1.165, 1.54) is 0 Å². The van der Waals surface area contributed by atoms with E-state index in [4.69, 9.17) is 5.26 Å². The summed E-state index contributed by atoms with van der Waals surface area (Å²) in [7, 11) is 0. The van der Waals surface area contributed by atoms with Crippen molar-refractivity contribution in [2.45, 2.75) is 18.7 Å². The Hall–Kier alpha value is -0.0300. The molecule has 0 fully saturated rings. The van der Waals surface area contributed by atoms with Crippen LogP contribution in [0, 0.1) is 17.2 Å². The highest BCUT2D eigenvalue weighted by Crippen LogP contribution is 2.08. The number of halogens is 1. The van der Waals surface area contributed by atoms with Gasteiger partial charge in [0.2, 0.25) is 0 Å². The summed E-state index contributed by atoms with van der Waals surface area (Å²) >= 11 is 3.28. The van der Waals surface area contributed by atoms with Crippen LogP contribution in [0.5, 0.6) is 0 Å². The number of hydrogen-bond acceptors (Lipinski definition) is 1. The van der Waals surface area contributed by atoms with E-state index in [-0.39, 0.29) is 5.92 Å². The molecular formula is C5H8BrN. The van der Waals surface area contributed by atoms with E-state index < -0.39 is 0 Å². The average molecular weight is 162 g/mol. The Bertz CT molecular complexity index is 82.6. The molecule has 0 saturated heterocycles. The molecule has 0 N–H and O–H groups in total. The van der Waals surface area contributed by atoms with Gasteiger partial charge in [-0.2, -0.15) is 5.26 Å². The lowest BCUT2D eigenvalue weighted by Crippen LogP contribution is -2.01. The van der Waals surface area contributed by atoms with Crippen LogP contribution < -0.4 is 0 Å². The summed E-state index contributed by atoms with van der Waals surface area (Å²) in [5.74, 6) is 0.125. The number of alkyl halides is 1. The Morgan fingerprint density at radius 3 is 2.00 bits per heavy atom. The van der Waals surface area contributed by atoms with Gasteiger partial charge < -0.3 is 0 Å². The van der Waals surface area contributed by atoms with Gasteiger partial charge >= 0.3 is 0 Å². The van der Waals surface area contributed by atoms with Crippen molar-refractivity contribution in [3.8, 4) is 6.07 Å². The molecule has 0 rings (SSSR count). The molecule has 0 saturated carbocycles. The largest absolute Gasteiger partial charge is 0.198 e. The first-order chi connectivity index (χ1) is 3.18. The number of rotatable bonds is 1. The summed E-state index contributed by atoms with van der Waals surface area (Å²) in [5.41, 5.74) is 0. The van der Waals surface area contributed by atoms with Gasteiger partial charge in [-0.3, -0.25) is 0 Å². The Balaban J connectivity index is 3.40. The van der Waals surface area contributed by atoms with Gasteiger partial charge in [0.1, 0.15) is 0 Å². The van der Waals surface area contributed by atoms with E-state index in [1.54, 1.807) is 0 Å². The number of nitriles is 1. The molecule has 0 radical (unpaired) electrons. The molecule has 2 atom stereocenters. The summed E-state index contributed by atoms with van der Waals surface area (Å²) in [5, 5.41) is 8.23. The van der Waals surface area contributed by atoms with Crippen molar-refractivity contribution in [1.29, 1.82) is 5.26 Å². The zero-order valence-electron chi connectivity index (χ0n) is 4.48. The van der Waals surface area contributed by atoms with E-state index in [2.05, 4.69) is 22.0 Å². The van der Waals surface area contributed by atoms with Crippen molar-refractivity contribution in [3.63, 3.8) is 0 Å². The molecule has 0 aromatic heterocycles. The van der Waals surface area contributed by atoms with Gasteiger partial charge in [-0.15, -0.1) is 0 Å². The third-order valence-corrected chi connectivity index (χ3v) is 1.69. The van der Waals surface area contributed by atoms with Gasteiger partial charge in [-0.05, 0) is 6.92 Å². The van der Waals surface area contributed by atoms with Crippen LogP contribution in [0.4, 0.5) is 0 Å². The molecule has 0 aliphatic heterocycles. The lowest BCUT2D eigenvalue weighted by atomic mass is 10.1. The molecule has 2 unspecified atom stereocenters. The average Bonchev–Trinajstić information content (AvgIpc) is 1.65. The fourth-order valence-corrected chi connectivity index (χ4v) is 0.221. The first kappa shape index (κ1) is 6.97. The van der Waals surface area contributed by atoms with Gasteiger partial charge in [0, 0.05) is 4.83 Å². The van der Waals surface area contributed by atoms with Gasteiger partial charge in [-0.1, -0.05) is 22.9 Å². The first-order valence-corrected chi connectivity index (χ1v) is 3.13. The van der Waals surface area contributed by atoms with E-state index in [1.807, 2.05) is 13.8 Å². The molecule has 2 heteroatoms. The predicted octanol–water partition coefficient (Wildman–Crippen LogP) is 1.93. The SMILES string of the molecule is CC(Br)C(C)C#N. The Morgan fingerprint density at radius 2 is 2.00 bits per heavy atom. The Morgan fingerprint density at radius 1 is 1.57 bits per heavy atom. The smallest absolute Gasteiger partial charge is 0.0664 e. The highest BCUT2D eigenvalue weighted by atomic mass is 79.9. The standard InChI is InChI=1S/C5H8BrN/c1-4(3-7)5(2)6/h4-5H,1-2H3. The van der Waals surface area contributed by atoms with Gasteiger partial charge in [-0.25, -0.2) is 0 Å². The maximum absolute atomic E-state index is 8.23. The second-order valence-corrected chi connectivity index (χ2v) is 3.04. The molecule has 0 spiro atoms. The van der Waals surface area contributed by atoms with E-state index >= 15 is 0 Å². The summed E-state index contributed by atoms with van der Waals surface area (Å²) in [6, 6.07) is 2.12. The van der Waals surface area contributed by atoms with Gasteiger partial charge in [0.25, 0.3) is 0 Å². The minimum absolute atomic E-state index is 0.125. The summed E-state index contributed by atoms with van der Waals surface area (Å²) < 4.78 is 0. The number of hydrogen-bond donors (Lipinski definition) is 0. The maximum atomic E-state index is 8.23. The Labute approximate surface area is 52.5 Å². The van der Waals surface area contributed by atoms with Crippen molar-refractivity contribution in [3.05, 3.63) is 0 Å². The van der Waals surface area contributed by atoms with Gasteiger partial charge in [0.05, 0.1) is 12.0 Å². The Kier molecular flexibility index (Phi) is 3.02. The van der Waals surface area contributed by atoms with Crippen LogP contribution in [-0.4, -0.2) is 4.83 Å². The molecule has 0 heterocycles. The molecule has 1 nitrogen and oxygen atoms in total. The molecule has 0 bridgehead atoms. The third kappa shape index (κ3) is 2.64. The molecule has 0 aromatic carbocycles. The summed E-state index contributed by atoms with van der Waals surface area (Å²) in [6.07, 6.45) is 0. The van der Waals surface area contributed by atoms with Crippen LogP contribution in [0.2, 0.25) is 0 Å². The summed E-state index contributed by atoms with van der Waals surface area (Å²) in [4.78, 5) is 0.317. The van der Waals surface area contributed by atoms with Crippen LogP contribution >= 0.6 is 15.9 Å². The van der Waals surface area contributed by atoms with Crippen molar-refractivity contribution in [1.82, 2.24) is 0 Å². The second-order valence-electron chi connectivity index (χ2n) is 1.60. The predicted molar refractivity (Wildman–Crippen MR) is 33.2 cm³/mol. The fraction of sp³-hybridized carbons (Fsp3) is 0.800. The van der Waals surface area contributed by atoms with Crippen molar-refractivity contribution in [2.24, 2.45) is 5.92 Å². The van der Waals surface area contributed by atoms with Crippen LogP contribution in [0.25, 0.3) is 0 Å². The molecule has 7 heavy (non-hydrogen) atoms. The first-order valence-electron chi connectivity index (χ1n) is 2.22. The third-order valence-electron chi connectivity index (χ3n) is 0.893. The lowest BCUT2D eigenvalue weighted by Gasteiger charge is -2.00. The van der Waals surface area contributed by atoms with Crippen molar-refractivity contribution < 1.29 is 0 Å². The van der Waals surface area contributed by atoms with Crippen molar-refractivity contribution >= 4 is 15.9 Å². The molecule has 0 aliphatic rings. The number of nitrogens with zero attached hydrogens (tertiary/aromatic N) is 1. The molecular weight excluding hydrogens is 154 g/mol. The quantitative estimate of drug-likeness (QED) is 0.540. The minimum atomic E-state index is 0.125. The molecule has 40 valence electrons. The van der Waals surface area contributed by atoms with Crippen LogP contribution in [-0.2, 0) is 0 Å². The van der Waals surface area contributed by atoms with Crippen LogP contribution in [0.1, 0.15) is 13.8 Å². The maximum Gasteiger partial charge on any atom is 0.0664 e. The molecule has 0 aliphatic carbocycles. The van der Waals surface area contributed by atoms with E-state index in [9.17, 15) is 0 Å². The zero-order chi connectivity index (χ0) is 5.86. The molecule has 0 amide bonds. The van der Waals surface area contributed by atoms with E-state index in [0.717, 1.165) is 0 Å². The monoisotopic (exact) mass is 161 g/mol. The summed E-state index contributed by atoms with van der Waals surface area (Å²) in [6.45, 7) is 3.85. The highest BCUT2D eigenvalue weighted by molar-refractivity contribution is 9.09. The van der Waals surface area contributed by atoms with Crippen LogP contribution in [0.15, 0.2) is 0 Å². The zero-order valence-corrected chi connectivity index (χ0v) is 6.07. The lowest BCUT2D eigenvalue weighted by molar-refractivity contribution is 0.742. The topological polar surface area (TPSA) is 23.8 Å². The van der Waals surface area contributed by atoms with Gasteiger partial charge in [0.15, 0.2) is 0 Å². The minimum Gasteiger partial charge on any atom is -0.198 e. The normalized spacial score (nSPS) is 17.4. The highest BCUT2D eigenvalue weighted by Gasteiger charge is 2.04. The van der Waals surface area contributed by atoms with Crippen LogP contribution in [0.3, 0.4) is 0 Å². The second kappa shape index (κ2) is 3.04. The fourth-order valence-electron chi connectivity index (χ4n) is 0.103.